The summed E-state index contributed by atoms with van der Waals surface area (Å²) in [7, 11) is 3.02. The molecular formula is C24H19Cl2N3O4. The van der Waals surface area contributed by atoms with Gasteiger partial charge < -0.3 is 19.5 Å². The lowest BCUT2D eigenvalue weighted by atomic mass is 10.0. The minimum Gasteiger partial charge on any atom is -0.496 e. The van der Waals surface area contributed by atoms with Crippen LogP contribution in [0.5, 0.6) is 11.5 Å². The van der Waals surface area contributed by atoms with Crippen molar-refractivity contribution in [2.75, 3.05) is 26.1 Å². The standard InChI is InChI=1S/C24H19Cl2N3O4/c1-4-14(13-33-6-5-30)16-7-20-17(8-22(16)31-2)24(15(11-27)12-28-20)29-21-10-23(32-3)19(26)9-18(21)25/h4-5,7-10,12-13H,1,6H2,2-3H3,(H,28,29)/b14-13+. The predicted octanol–water partition coefficient (Wildman–Crippen LogP) is 5.92. The Bertz CT molecular complexity index is 1300. The van der Waals surface area contributed by atoms with Crippen molar-refractivity contribution in [3.8, 4) is 17.6 Å². The van der Waals surface area contributed by atoms with Gasteiger partial charge >= 0.3 is 0 Å². The molecule has 0 unspecified atom stereocenters. The molecule has 0 amide bonds. The molecule has 1 heterocycles. The normalized spacial score (nSPS) is 10.9. The molecule has 0 aliphatic carbocycles. The van der Waals surface area contributed by atoms with E-state index in [2.05, 4.69) is 22.9 Å². The number of rotatable bonds is 9. The van der Waals surface area contributed by atoms with Crippen molar-refractivity contribution < 1.29 is 19.0 Å². The molecule has 7 nitrogen and oxygen atoms in total. The fourth-order valence-corrected chi connectivity index (χ4v) is 3.66. The van der Waals surface area contributed by atoms with E-state index in [1.165, 1.54) is 26.7 Å². The Morgan fingerprint density at radius 3 is 2.58 bits per heavy atom. The maximum absolute atomic E-state index is 10.6. The van der Waals surface area contributed by atoms with Crippen molar-refractivity contribution in [3.63, 3.8) is 0 Å². The third-order valence-electron chi connectivity index (χ3n) is 4.72. The first-order valence-corrected chi connectivity index (χ1v) is 10.3. The van der Waals surface area contributed by atoms with Gasteiger partial charge in [-0.2, -0.15) is 5.26 Å². The zero-order valence-corrected chi connectivity index (χ0v) is 19.3. The van der Waals surface area contributed by atoms with Gasteiger partial charge in [-0.15, -0.1) is 0 Å². The Hall–Kier alpha value is -3.73. The lowest BCUT2D eigenvalue weighted by Gasteiger charge is -2.16. The molecule has 168 valence electrons. The molecule has 0 atom stereocenters. The second-order valence-electron chi connectivity index (χ2n) is 6.60. The number of carbonyl (C=O) groups is 1. The van der Waals surface area contributed by atoms with Gasteiger partial charge in [0.05, 0.1) is 53.0 Å². The molecule has 33 heavy (non-hydrogen) atoms. The van der Waals surface area contributed by atoms with E-state index in [0.29, 0.717) is 66.8 Å². The van der Waals surface area contributed by atoms with Gasteiger partial charge in [0.15, 0.2) is 6.29 Å². The van der Waals surface area contributed by atoms with Crippen LogP contribution in [0.1, 0.15) is 11.1 Å². The van der Waals surface area contributed by atoms with Gasteiger partial charge in [-0.05, 0) is 18.2 Å². The highest BCUT2D eigenvalue weighted by atomic mass is 35.5. The first-order chi connectivity index (χ1) is 16.0. The Morgan fingerprint density at radius 1 is 1.18 bits per heavy atom. The molecular weight excluding hydrogens is 465 g/mol. The number of halogens is 2. The number of nitrogens with zero attached hydrogens (tertiary/aromatic N) is 2. The van der Waals surface area contributed by atoms with E-state index in [1.54, 1.807) is 30.3 Å². The summed E-state index contributed by atoms with van der Waals surface area (Å²) in [4.78, 5) is 15.0. The average molecular weight is 484 g/mol. The molecule has 0 saturated heterocycles. The van der Waals surface area contributed by atoms with Crippen molar-refractivity contribution in [1.29, 1.82) is 5.26 Å². The number of hydrogen-bond acceptors (Lipinski definition) is 7. The van der Waals surface area contributed by atoms with Gasteiger partial charge in [-0.3, -0.25) is 9.78 Å². The van der Waals surface area contributed by atoms with Gasteiger partial charge in [0.25, 0.3) is 0 Å². The number of methoxy groups -OCH3 is 2. The number of fused-ring (bicyclic) bond motifs is 1. The first kappa shape index (κ1) is 23.9. The number of nitriles is 1. The molecule has 0 radical (unpaired) electrons. The van der Waals surface area contributed by atoms with Crippen LogP contribution in [0.25, 0.3) is 16.5 Å². The Morgan fingerprint density at radius 2 is 1.94 bits per heavy atom. The lowest BCUT2D eigenvalue weighted by molar-refractivity contribution is -0.110. The second kappa shape index (κ2) is 10.7. The third kappa shape index (κ3) is 5.03. The maximum atomic E-state index is 10.6. The summed E-state index contributed by atoms with van der Waals surface area (Å²) < 4.78 is 16.1. The highest BCUT2D eigenvalue weighted by Crippen LogP contribution is 2.40. The summed E-state index contributed by atoms with van der Waals surface area (Å²) in [6.45, 7) is 3.71. The monoisotopic (exact) mass is 483 g/mol. The Labute approximate surface area is 200 Å². The average Bonchev–Trinajstić information content (AvgIpc) is 2.82. The van der Waals surface area contributed by atoms with Crippen LogP contribution in [0.2, 0.25) is 10.0 Å². The smallest absolute Gasteiger partial charge is 0.157 e. The van der Waals surface area contributed by atoms with E-state index in [-0.39, 0.29) is 6.61 Å². The summed E-state index contributed by atoms with van der Waals surface area (Å²) >= 11 is 12.5. The lowest BCUT2D eigenvalue weighted by Crippen LogP contribution is -2.00. The SMILES string of the molecule is C=C/C(=C\OCC=O)c1cc2ncc(C#N)c(Nc3cc(OC)c(Cl)cc3Cl)c2cc1OC. The molecule has 0 bridgehead atoms. The number of aromatic nitrogens is 1. The number of anilines is 2. The number of carbonyl (C=O) groups excluding carboxylic acids is 1. The summed E-state index contributed by atoms with van der Waals surface area (Å²) in [5, 5.41) is 14.2. The molecule has 9 heteroatoms. The van der Waals surface area contributed by atoms with Crippen molar-refractivity contribution in [1.82, 2.24) is 4.98 Å². The molecule has 1 aromatic heterocycles. The quantitative estimate of drug-likeness (QED) is 0.175. The van der Waals surface area contributed by atoms with Crippen LogP contribution in [-0.2, 0) is 9.53 Å². The minimum atomic E-state index is -0.0869. The van der Waals surface area contributed by atoms with Crippen LogP contribution in [-0.4, -0.2) is 32.1 Å². The van der Waals surface area contributed by atoms with E-state index in [9.17, 15) is 10.1 Å². The Balaban J connectivity index is 2.20. The molecule has 0 aliphatic heterocycles. The summed E-state index contributed by atoms with van der Waals surface area (Å²) in [6, 6.07) is 8.87. The maximum Gasteiger partial charge on any atom is 0.157 e. The topological polar surface area (TPSA) is 93.5 Å². The van der Waals surface area contributed by atoms with E-state index >= 15 is 0 Å². The predicted molar refractivity (Wildman–Crippen MR) is 129 cm³/mol. The zero-order valence-electron chi connectivity index (χ0n) is 17.8. The van der Waals surface area contributed by atoms with Gasteiger partial charge in [0.1, 0.15) is 24.2 Å². The summed E-state index contributed by atoms with van der Waals surface area (Å²) in [5.74, 6) is 0.916. The number of pyridine rings is 1. The third-order valence-corrected chi connectivity index (χ3v) is 5.32. The molecule has 0 aliphatic rings. The summed E-state index contributed by atoms with van der Waals surface area (Å²) in [6.07, 6.45) is 5.11. The number of allylic oxidation sites excluding steroid dienone is 2. The van der Waals surface area contributed by atoms with Crippen LogP contribution in [0, 0.1) is 11.3 Å². The molecule has 2 aromatic carbocycles. The van der Waals surface area contributed by atoms with Crippen LogP contribution in [0.3, 0.4) is 0 Å². The van der Waals surface area contributed by atoms with Gasteiger partial charge in [0, 0.05) is 28.8 Å². The molecule has 0 spiro atoms. The summed E-state index contributed by atoms with van der Waals surface area (Å²) in [5.41, 5.74) is 3.12. The molecule has 1 N–H and O–H groups in total. The second-order valence-corrected chi connectivity index (χ2v) is 7.41. The van der Waals surface area contributed by atoms with Crippen molar-refractivity contribution >= 4 is 57.3 Å². The molecule has 3 rings (SSSR count). The Kier molecular flexibility index (Phi) is 7.78. The first-order valence-electron chi connectivity index (χ1n) is 9.56. The molecule has 0 saturated carbocycles. The van der Waals surface area contributed by atoms with Crippen LogP contribution >= 0.6 is 23.2 Å². The number of hydrogen-bond donors (Lipinski definition) is 1. The highest BCUT2D eigenvalue weighted by molar-refractivity contribution is 6.37. The van der Waals surface area contributed by atoms with E-state index in [1.807, 2.05) is 0 Å². The van der Waals surface area contributed by atoms with Gasteiger partial charge in [-0.1, -0.05) is 35.9 Å². The fraction of sp³-hybridized carbons (Fsp3) is 0.125. The molecule has 3 aromatic rings. The van der Waals surface area contributed by atoms with Gasteiger partial charge in [-0.25, -0.2) is 0 Å². The zero-order chi connectivity index (χ0) is 24.0. The van der Waals surface area contributed by atoms with Crippen LogP contribution in [0.4, 0.5) is 11.4 Å². The van der Waals surface area contributed by atoms with Crippen LogP contribution in [0.15, 0.2) is 49.4 Å². The van der Waals surface area contributed by atoms with Crippen LogP contribution < -0.4 is 14.8 Å². The highest BCUT2D eigenvalue weighted by Gasteiger charge is 2.17. The number of nitrogens with one attached hydrogen (secondary N) is 1. The van der Waals surface area contributed by atoms with E-state index in [4.69, 9.17) is 37.4 Å². The fourth-order valence-electron chi connectivity index (χ4n) is 3.15. The number of aldehydes is 1. The van der Waals surface area contributed by atoms with Crippen molar-refractivity contribution in [2.24, 2.45) is 0 Å². The van der Waals surface area contributed by atoms with Gasteiger partial charge in [0.2, 0.25) is 0 Å². The number of benzene rings is 2. The largest absolute Gasteiger partial charge is 0.496 e. The molecule has 0 fully saturated rings. The number of ether oxygens (including phenoxy) is 3. The van der Waals surface area contributed by atoms with Crippen molar-refractivity contribution in [3.05, 3.63) is 70.6 Å². The minimum absolute atomic E-state index is 0.0869. The van der Waals surface area contributed by atoms with E-state index in [0.717, 1.165) is 0 Å². The van der Waals surface area contributed by atoms with E-state index < -0.39 is 0 Å². The van der Waals surface area contributed by atoms with Crippen molar-refractivity contribution in [2.45, 2.75) is 0 Å².